The number of allylic oxidation sites excluding steroid dienone is 4. The van der Waals surface area contributed by atoms with Gasteiger partial charge in [0.05, 0.1) is 12.2 Å². The number of rotatable bonds is 5. The van der Waals surface area contributed by atoms with Gasteiger partial charge in [0.25, 0.3) is 0 Å². The Hall–Kier alpha value is -1.34. The molecule has 9 atom stereocenters. The van der Waals surface area contributed by atoms with Crippen LogP contribution in [0, 0.1) is 34.5 Å². The summed E-state index contributed by atoms with van der Waals surface area (Å²) in [5, 5.41) is 21.7. The Balaban J connectivity index is 1.32. The molecule has 0 aromatic heterocycles. The fraction of sp³-hybridized carbons (Fsp3) is 0.786. The van der Waals surface area contributed by atoms with Crippen LogP contribution in [0.15, 0.2) is 23.8 Å². The van der Waals surface area contributed by atoms with Gasteiger partial charge in [-0.15, -0.1) is 0 Å². The van der Waals surface area contributed by atoms with Crippen LogP contribution < -0.4 is 0 Å². The standard InChI is InChI=1S/C28H38O6/c1-26-11-10-18(30)12-17(26)7-8-19-20-13-23-28(22(32)15-29,27(20,2)14-21(31)25(19)26)34-24(33-23)9-6-16-4-3-5-16/h10-12,16,19-21,23-25,29,31H,3-9,13-15H2,1-2H3/t19-,20-,21-,23+,24+,25+,26-,27-,28+/m0/s1. The first kappa shape index (κ1) is 23.1. The molecule has 0 spiro atoms. The van der Waals surface area contributed by atoms with Crippen LogP contribution in [-0.2, 0) is 19.1 Å². The Kier molecular flexibility index (Phi) is 5.31. The van der Waals surface area contributed by atoms with E-state index in [4.69, 9.17) is 9.47 Å². The topological polar surface area (TPSA) is 93.1 Å². The van der Waals surface area contributed by atoms with Gasteiger partial charge in [-0.05, 0) is 68.4 Å². The molecule has 1 heterocycles. The normalized spacial score (nSPS) is 49.5. The van der Waals surface area contributed by atoms with Crippen molar-refractivity contribution in [2.75, 3.05) is 6.61 Å². The van der Waals surface area contributed by atoms with Gasteiger partial charge >= 0.3 is 0 Å². The summed E-state index contributed by atoms with van der Waals surface area (Å²) in [5.74, 6) is 0.799. The van der Waals surface area contributed by atoms with Gasteiger partial charge in [0.2, 0.25) is 0 Å². The van der Waals surface area contributed by atoms with Gasteiger partial charge in [-0.2, -0.15) is 0 Å². The van der Waals surface area contributed by atoms with E-state index in [1.54, 1.807) is 12.2 Å². The Morgan fingerprint density at radius 3 is 2.71 bits per heavy atom. The van der Waals surface area contributed by atoms with Crippen molar-refractivity contribution in [2.45, 2.75) is 95.7 Å². The fourth-order valence-electron chi connectivity index (χ4n) is 9.04. The van der Waals surface area contributed by atoms with Crippen molar-refractivity contribution >= 4 is 11.6 Å². The lowest BCUT2D eigenvalue weighted by Crippen LogP contribution is -2.63. The summed E-state index contributed by atoms with van der Waals surface area (Å²) in [5.41, 5.74) is -1.03. The molecular formula is C28H38O6. The second-order valence-electron chi connectivity index (χ2n) is 12.3. The molecule has 5 fully saturated rings. The second-order valence-corrected chi connectivity index (χ2v) is 12.3. The third-order valence-corrected chi connectivity index (χ3v) is 10.9. The third-order valence-electron chi connectivity index (χ3n) is 10.9. The molecule has 186 valence electrons. The molecular weight excluding hydrogens is 432 g/mol. The predicted octanol–water partition coefficient (Wildman–Crippen LogP) is 3.50. The lowest BCUT2D eigenvalue weighted by Gasteiger charge is -2.59. The predicted molar refractivity (Wildman–Crippen MR) is 125 cm³/mol. The van der Waals surface area contributed by atoms with Crippen LogP contribution in [0.4, 0.5) is 0 Å². The summed E-state index contributed by atoms with van der Waals surface area (Å²) in [7, 11) is 0. The minimum atomic E-state index is -1.20. The summed E-state index contributed by atoms with van der Waals surface area (Å²) in [6, 6.07) is 0. The van der Waals surface area contributed by atoms with E-state index in [2.05, 4.69) is 13.8 Å². The molecule has 2 N–H and O–H groups in total. The number of carbonyl (C=O) groups is 2. The molecule has 0 amide bonds. The first-order chi connectivity index (χ1) is 16.2. The van der Waals surface area contributed by atoms with Gasteiger partial charge in [-0.25, -0.2) is 0 Å². The van der Waals surface area contributed by atoms with Crippen LogP contribution >= 0.6 is 0 Å². The zero-order chi connectivity index (χ0) is 23.9. The van der Waals surface area contributed by atoms with Crippen molar-refractivity contribution in [3.05, 3.63) is 23.8 Å². The van der Waals surface area contributed by atoms with Crippen LogP contribution in [0.2, 0.25) is 0 Å². The van der Waals surface area contributed by atoms with Crippen LogP contribution in [0.25, 0.3) is 0 Å². The van der Waals surface area contributed by atoms with Gasteiger partial charge in [-0.1, -0.05) is 44.8 Å². The van der Waals surface area contributed by atoms with Gasteiger partial charge in [0.15, 0.2) is 23.5 Å². The molecule has 5 aliphatic carbocycles. The molecule has 34 heavy (non-hydrogen) atoms. The molecule has 6 rings (SSSR count). The highest BCUT2D eigenvalue weighted by Crippen LogP contribution is 2.69. The minimum Gasteiger partial charge on any atom is -0.393 e. The molecule has 0 unspecified atom stereocenters. The van der Waals surface area contributed by atoms with E-state index in [1.165, 1.54) is 19.3 Å². The molecule has 6 aliphatic rings. The second kappa shape index (κ2) is 7.83. The number of hydrogen-bond donors (Lipinski definition) is 2. The third kappa shape index (κ3) is 2.95. The van der Waals surface area contributed by atoms with Crippen LogP contribution in [0.5, 0.6) is 0 Å². The van der Waals surface area contributed by atoms with E-state index >= 15 is 0 Å². The van der Waals surface area contributed by atoms with Gasteiger partial charge in [0, 0.05) is 16.7 Å². The molecule has 0 radical (unpaired) electrons. The number of carbonyl (C=O) groups excluding carboxylic acids is 2. The number of ketones is 2. The molecule has 0 aromatic rings. The Labute approximate surface area is 201 Å². The lowest BCUT2D eigenvalue weighted by atomic mass is 9.46. The molecule has 6 nitrogen and oxygen atoms in total. The Morgan fingerprint density at radius 2 is 2.00 bits per heavy atom. The zero-order valence-corrected chi connectivity index (χ0v) is 20.4. The molecule has 0 bridgehead atoms. The SMILES string of the molecule is C[C@]12C=CC(=O)C=C1CC[C@@H]1[C@@H]2[C@@H](O)C[C@@]2(C)[C@H]1C[C@H]1O[C@@H](CCC3CCC3)O[C@]12C(=O)CO. The van der Waals surface area contributed by atoms with Crippen molar-refractivity contribution in [3.63, 3.8) is 0 Å². The van der Waals surface area contributed by atoms with Crippen molar-refractivity contribution in [1.82, 2.24) is 0 Å². The van der Waals surface area contributed by atoms with Crippen LogP contribution in [-0.4, -0.2) is 52.5 Å². The van der Waals surface area contributed by atoms with E-state index in [0.29, 0.717) is 12.8 Å². The number of aliphatic hydroxyl groups is 2. The Bertz CT molecular complexity index is 951. The largest absolute Gasteiger partial charge is 0.393 e. The molecule has 0 aromatic carbocycles. The highest BCUT2D eigenvalue weighted by molar-refractivity contribution is 6.01. The number of hydrogen-bond acceptors (Lipinski definition) is 6. The van der Waals surface area contributed by atoms with E-state index < -0.39 is 30.0 Å². The van der Waals surface area contributed by atoms with E-state index in [9.17, 15) is 19.8 Å². The van der Waals surface area contributed by atoms with Gasteiger partial charge < -0.3 is 19.7 Å². The number of Topliss-reactive ketones (excluding diaryl/α,β-unsaturated/α-hetero) is 1. The van der Waals surface area contributed by atoms with Crippen molar-refractivity contribution in [3.8, 4) is 0 Å². The summed E-state index contributed by atoms with van der Waals surface area (Å²) >= 11 is 0. The smallest absolute Gasteiger partial charge is 0.193 e. The molecule has 4 saturated carbocycles. The first-order valence-corrected chi connectivity index (χ1v) is 13.3. The van der Waals surface area contributed by atoms with Gasteiger partial charge in [-0.3, -0.25) is 9.59 Å². The Morgan fingerprint density at radius 1 is 1.21 bits per heavy atom. The number of aliphatic hydroxyl groups excluding tert-OH is 2. The minimum absolute atomic E-state index is 0.00977. The first-order valence-electron chi connectivity index (χ1n) is 13.3. The van der Waals surface area contributed by atoms with E-state index in [-0.39, 0.29) is 40.8 Å². The zero-order valence-electron chi connectivity index (χ0n) is 20.4. The summed E-state index contributed by atoms with van der Waals surface area (Å²) in [6.45, 7) is 3.67. The molecule has 1 saturated heterocycles. The number of fused-ring (bicyclic) bond motifs is 7. The maximum atomic E-state index is 13.4. The van der Waals surface area contributed by atoms with Gasteiger partial charge in [0.1, 0.15) is 6.61 Å². The number of ether oxygens (including phenoxy) is 2. The summed E-state index contributed by atoms with van der Waals surface area (Å²) < 4.78 is 13.0. The van der Waals surface area contributed by atoms with E-state index in [0.717, 1.165) is 37.2 Å². The average Bonchev–Trinajstić information content (AvgIpc) is 3.25. The summed E-state index contributed by atoms with van der Waals surface area (Å²) in [4.78, 5) is 25.5. The molecule has 1 aliphatic heterocycles. The highest BCUT2D eigenvalue weighted by atomic mass is 16.7. The van der Waals surface area contributed by atoms with Crippen LogP contribution in [0.1, 0.15) is 71.6 Å². The quantitative estimate of drug-likeness (QED) is 0.639. The maximum Gasteiger partial charge on any atom is 0.193 e. The van der Waals surface area contributed by atoms with Crippen LogP contribution in [0.3, 0.4) is 0 Å². The monoisotopic (exact) mass is 470 g/mol. The van der Waals surface area contributed by atoms with Crippen molar-refractivity contribution in [2.24, 2.45) is 34.5 Å². The lowest BCUT2D eigenvalue weighted by molar-refractivity contribution is -0.201. The molecule has 6 heteroatoms. The maximum absolute atomic E-state index is 13.4. The highest BCUT2D eigenvalue weighted by Gasteiger charge is 2.75. The average molecular weight is 471 g/mol. The summed E-state index contributed by atoms with van der Waals surface area (Å²) in [6.07, 6.45) is 12.5. The van der Waals surface area contributed by atoms with E-state index in [1.807, 2.05) is 6.08 Å². The van der Waals surface area contributed by atoms with Crippen molar-refractivity contribution in [1.29, 1.82) is 0 Å². The fourth-order valence-corrected chi connectivity index (χ4v) is 9.04. The van der Waals surface area contributed by atoms with Crippen molar-refractivity contribution < 1.29 is 29.3 Å².